The summed E-state index contributed by atoms with van der Waals surface area (Å²) in [5.41, 5.74) is 0. The highest BCUT2D eigenvalue weighted by Crippen LogP contribution is 2.24. The van der Waals surface area contributed by atoms with Crippen LogP contribution in [0.2, 0.25) is 0 Å². The highest BCUT2D eigenvalue weighted by molar-refractivity contribution is 7.89. The Morgan fingerprint density at radius 1 is 1.04 bits per heavy atom. The number of nitrogens with zero attached hydrogens (tertiary/aromatic N) is 1. The Labute approximate surface area is 161 Å². The normalized spacial score (nSPS) is 17.3. The average Bonchev–Trinajstić information content (AvgIpc) is 3.05. The molecule has 0 radical (unpaired) electrons. The smallest absolute Gasteiger partial charge is 0.215 e. The molecule has 1 fully saturated rings. The van der Waals surface area contributed by atoms with Crippen LogP contribution in [0.15, 0.2) is 53.1 Å². The van der Waals surface area contributed by atoms with Crippen molar-refractivity contribution < 1.29 is 17.6 Å². The van der Waals surface area contributed by atoms with Gasteiger partial charge in [-0.05, 0) is 50.2 Å². The molecule has 0 bridgehead atoms. The third-order valence-corrected chi connectivity index (χ3v) is 6.12. The molecule has 1 atom stereocenters. The molecular weight excluding hydrogens is 364 g/mol. The lowest BCUT2D eigenvalue weighted by atomic mass is 10.2. The standard InChI is InChI=1S/C20H28N2O4S/c23-27(24,16-15-25-18-9-4-3-5-10-18)21-17-19(20-11-8-14-26-20)22-12-6-1-2-7-13-22/h3-5,8-11,14,19,21H,1-2,6-7,12-13,15-17H2. The van der Waals surface area contributed by atoms with Crippen molar-refractivity contribution in [2.75, 3.05) is 32.0 Å². The van der Waals surface area contributed by atoms with E-state index in [4.69, 9.17) is 9.15 Å². The molecule has 27 heavy (non-hydrogen) atoms. The molecule has 7 heteroatoms. The predicted molar refractivity (Wildman–Crippen MR) is 105 cm³/mol. The summed E-state index contributed by atoms with van der Waals surface area (Å²) in [5.74, 6) is 1.40. The van der Waals surface area contributed by atoms with E-state index in [-0.39, 0.29) is 18.4 Å². The minimum absolute atomic E-state index is 0.0766. The zero-order valence-corrected chi connectivity index (χ0v) is 16.4. The molecule has 0 spiro atoms. The van der Waals surface area contributed by atoms with Crippen LogP contribution in [0.1, 0.15) is 37.5 Å². The summed E-state index contributed by atoms with van der Waals surface area (Å²) in [7, 11) is -3.43. The molecular formula is C20H28N2O4S. The number of rotatable bonds is 9. The molecule has 1 unspecified atom stereocenters. The third kappa shape index (κ3) is 6.37. The van der Waals surface area contributed by atoms with Crippen molar-refractivity contribution in [2.24, 2.45) is 0 Å². The lowest BCUT2D eigenvalue weighted by Gasteiger charge is -2.29. The van der Waals surface area contributed by atoms with Crippen LogP contribution in [0.4, 0.5) is 0 Å². The third-order valence-electron chi connectivity index (χ3n) is 4.81. The summed E-state index contributed by atoms with van der Waals surface area (Å²) in [4.78, 5) is 2.33. The molecule has 2 aromatic rings. The van der Waals surface area contributed by atoms with Gasteiger partial charge in [-0.25, -0.2) is 13.1 Å². The Morgan fingerprint density at radius 3 is 2.44 bits per heavy atom. The second-order valence-electron chi connectivity index (χ2n) is 6.81. The molecule has 1 aromatic carbocycles. The van der Waals surface area contributed by atoms with E-state index < -0.39 is 10.0 Å². The van der Waals surface area contributed by atoms with Gasteiger partial charge in [0.25, 0.3) is 0 Å². The highest BCUT2D eigenvalue weighted by atomic mass is 32.2. The van der Waals surface area contributed by atoms with Crippen molar-refractivity contribution in [3.63, 3.8) is 0 Å². The van der Waals surface area contributed by atoms with Gasteiger partial charge in [0.1, 0.15) is 18.1 Å². The van der Waals surface area contributed by atoms with Gasteiger partial charge in [-0.15, -0.1) is 0 Å². The van der Waals surface area contributed by atoms with Gasteiger partial charge in [0, 0.05) is 6.54 Å². The Bertz CT molecular complexity index is 755. The molecule has 3 rings (SSSR count). The van der Waals surface area contributed by atoms with E-state index >= 15 is 0 Å². The Hall–Kier alpha value is -1.83. The van der Waals surface area contributed by atoms with E-state index in [1.807, 2.05) is 42.5 Å². The fourth-order valence-electron chi connectivity index (χ4n) is 3.36. The van der Waals surface area contributed by atoms with E-state index in [0.29, 0.717) is 12.3 Å². The molecule has 1 aromatic heterocycles. The maximum Gasteiger partial charge on any atom is 0.215 e. The molecule has 2 heterocycles. The SMILES string of the molecule is O=S(=O)(CCOc1ccccc1)NCC(c1ccco1)N1CCCCCC1. The lowest BCUT2D eigenvalue weighted by Crippen LogP contribution is -2.39. The van der Waals surface area contributed by atoms with Crippen molar-refractivity contribution in [1.82, 2.24) is 9.62 Å². The highest BCUT2D eigenvalue weighted by Gasteiger charge is 2.25. The monoisotopic (exact) mass is 392 g/mol. The number of sulfonamides is 1. The second kappa shape index (κ2) is 9.92. The molecule has 1 aliphatic heterocycles. The van der Waals surface area contributed by atoms with E-state index in [1.165, 1.54) is 12.8 Å². The zero-order chi connectivity index (χ0) is 19.0. The second-order valence-corrected chi connectivity index (χ2v) is 8.74. The van der Waals surface area contributed by atoms with Gasteiger partial charge < -0.3 is 9.15 Å². The summed E-state index contributed by atoms with van der Waals surface area (Å²) < 4.78 is 38.7. The number of hydrogen-bond acceptors (Lipinski definition) is 5. The molecule has 0 saturated carbocycles. The predicted octanol–water partition coefficient (Wildman–Crippen LogP) is 3.20. The minimum atomic E-state index is -3.43. The van der Waals surface area contributed by atoms with Gasteiger partial charge in [-0.3, -0.25) is 4.90 Å². The summed E-state index contributed by atoms with van der Waals surface area (Å²) in [6.45, 7) is 2.35. The van der Waals surface area contributed by atoms with Crippen LogP contribution in [-0.2, 0) is 10.0 Å². The van der Waals surface area contributed by atoms with E-state index in [0.717, 1.165) is 31.7 Å². The molecule has 1 saturated heterocycles. The van der Waals surface area contributed by atoms with Crippen LogP contribution in [0.25, 0.3) is 0 Å². The van der Waals surface area contributed by atoms with Gasteiger partial charge in [-0.1, -0.05) is 31.0 Å². The van der Waals surface area contributed by atoms with E-state index in [2.05, 4.69) is 9.62 Å². The van der Waals surface area contributed by atoms with Crippen molar-refractivity contribution >= 4 is 10.0 Å². The van der Waals surface area contributed by atoms with Crippen LogP contribution in [0.3, 0.4) is 0 Å². The molecule has 0 aliphatic carbocycles. The summed E-state index contributed by atoms with van der Waals surface area (Å²) in [6, 6.07) is 12.9. The first-order valence-electron chi connectivity index (χ1n) is 9.57. The Balaban J connectivity index is 1.55. The van der Waals surface area contributed by atoms with Crippen molar-refractivity contribution in [2.45, 2.75) is 31.7 Å². The van der Waals surface area contributed by atoms with Crippen LogP contribution >= 0.6 is 0 Å². The van der Waals surface area contributed by atoms with Crippen molar-refractivity contribution in [1.29, 1.82) is 0 Å². The number of nitrogens with one attached hydrogen (secondary N) is 1. The number of likely N-dealkylation sites (tertiary alicyclic amines) is 1. The Kier molecular flexibility index (Phi) is 7.32. The van der Waals surface area contributed by atoms with Gasteiger partial charge in [0.2, 0.25) is 10.0 Å². The summed E-state index contributed by atoms with van der Waals surface area (Å²) >= 11 is 0. The van der Waals surface area contributed by atoms with Crippen molar-refractivity contribution in [3.8, 4) is 5.75 Å². The summed E-state index contributed by atoms with van der Waals surface area (Å²) in [6.07, 6.45) is 6.36. The fraction of sp³-hybridized carbons (Fsp3) is 0.500. The van der Waals surface area contributed by atoms with Gasteiger partial charge in [-0.2, -0.15) is 0 Å². The largest absolute Gasteiger partial charge is 0.492 e. The molecule has 1 N–H and O–H groups in total. The quantitative estimate of drug-likeness (QED) is 0.710. The first-order chi connectivity index (χ1) is 13.1. The van der Waals surface area contributed by atoms with Crippen LogP contribution < -0.4 is 9.46 Å². The maximum atomic E-state index is 12.4. The van der Waals surface area contributed by atoms with E-state index in [9.17, 15) is 8.42 Å². The Morgan fingerprint density at radius 2 is 1.78 bits per heavy atom. The van der Waals surface area contributed by atoms with Gasteiger partial charge in [0.05, 0.1) is 18.1 Å². The first kappa shape index (κ1) is 19.9. The average molecular weight is 393 g/mol. The molecule has 1 aliphatic rings. The van der Waals surface area contributed by atoms with Crippen molar-refractivity contribution in [3.05, 3.63) is 54.5 Å². The first-order valence-corrected chi connectivity index (χ1v) is 11.2. The number of para-hydroxylation sites is 1. The fourth-order valence-corrected chi connectivity index (χ4v) is 4.22. The summed E-state index contributed by atoms with van der Waals surface area (Å²) in [5, 5.41) is 0. The molecule has 0 amide bonds. The minimum Gasteiger partial charge on any atom is -0.492 e. The topological polar surface area (TPSA) is 71.8 Å². The number of benzene rings is 1. The van der Waals surface area contributed by atoms with Crippen LogP contribution in [0, 0.1) is 0 Å². The van der Waals surface area contributed by atoms with E-state index in [1.54, 1.807) is 6.26 Å². The number of furan rings is 1. The van der Waals surface area contributed by atoms with Crippen LogP contribution in [0.5, 0.6) is 5.75 Å². The molecule has 148 valence electrons. The number of hydrogen-bond donors (Lipinski definition) is 1. The maximum absolute atomic E-state index is 12.4. The van der Waals surface area contributed by atoms with Crippen LogP contribution in [-0.4, -0.2) is 45.3 Å². The lowest BCUT2D eigenvalue weighted by molar-refractivity contribution is 0.182. The zero-order valence-electron chi connectivity index (χ0n) is 15.5. The molecule has 6 nitrogen and oxygen atoms in total. The van der Waals surface area contributed by atoms with Gasteiger partial charge >= 0.3 is 0 Å². The van der Waals surface area contributed by atoms with Gasteiger partial charge in [0.15, 0.2) is 0 Å². The number of ether oxygens (including phenoxy) is 1.